The molecule has 0 amide bonds. The lowest BCUT2D eigenvalue weighted by molar-refractivity contribution is 0.119. The summed E-state index contributed by atoms with van der Waals surface area (Å²) in [5, 5.41) is 0. The highest BCUT2D eigenvalue weighted by atomic mass is 16.5. The summed E-state index contributed by atoms with van der Waals surface area (Å²) >= 11 is 0. The Morgan fingerprint density at radius 1 is 1.42 bits per heavy atom. The molecule has 0 spiro atoms. The number of nitrogens with two attached hydrogens (primary N) is 1. The second-order valence-electron chi connectivity index (χ2n) is 5.43. The summed E-state index contributed by atoms with van der Waals surface area (Å²) < 4.78 is 7.92. The van der Waals surface area contributed by atoms with Crippen molar-refractivity contribution >= 4 is 16.7 Å². The van der Waals surface area contributed by atoms with Crippen molar-refractivity contribution in [3.63, 3.8) is 0 Å². The second-order valence-corrected chi connectivity index (χ2v) is 5.43. The minimum atomic E-state index is 0.768. The van der Waals surface area contributed by atoms with Gasteiger partial charge >= 0.3 is 0 Å². The molecule has 0 saturated heterocycles. The van der Waals surface area contributed by atoms with Crippen LogP contribution in [-0.2, 0) is 11.3 Å². The van der Waals surface area contributed by atoms with E-state index >= 15 is 0 Å². The monoisotopic (exact) mass is 259 g/mol. The number of imidazole rings is 1. The zero-order valence-corrected chi connectivity index (χ0v) is 11.4. The van der Waals surface area contributed by atoms with Crippen molar-refractivity contribution in [1.29, 1.82) is 0 Å². The fourth-order valence-corrected chi connectivity index (χ4v) is 2.41. The first-order valence-corrected chi connectivity index (χ1v) is 7.04. The molecule has 1 aromatic heterocycles. The third-order valence-corrected chi connectivity index (χ3v) is 3.68. The van der Waals surface area contributed by atoms with Gasteiger partial charge in [0.2, 0.25) is 0 Å². The standard InChI is InChI=1S/C15H21N3O/c1-11-17-14-9-13(16)5-6-15(14)18(11)7-2-8-19-10-12-3-4-12/h5-6,9,12H,2-4,7-8,10,16H2,1H3. The molecule has 1 heterocycles. The third kappa shape index (κ3) is 2.89. The SMILES string of the molecule is Cc1nc2cc(N)ccc2n1CCCOCC1CC1. The van der Waals surface area contributed by atoms with Gasteiger partial charge in [-0.2, -0.15) is 0 Å². The number of nitrogens with zero attached hydrogens (tertiary/aromatic N) is 2. The number of fused-ring (bicyclic) bond motifs is 1. The third-order valence-electron chi connectivity index (χ3n) is 3.68. The van der Waals surface area contributed by atoms with Crippen LogP contribution in [0.25, 0.3) is 11.0 Å². The number of aromatic nitrogens is 2. The van der Waals surface area contributed by atoms with E-state index in [1.807, 2.05) is 19.1 Å². The zero-order valence-electron chi connectivity index (χ0n) is 11.4. The van der Waals surface area contributed by atoms with Gasteiger partial charge in [-0.1, -0.05) is 0 Å². The highest BCUT2D eigenvalue weighted by molar-refractivity contribution is 5.79. The lowest BCUT2D eigenvalue weighted by Gasteiger charge is -2.07. The normalized spacial score (nSPS) is 15.2. The molecule has 0 bridgehead atoms. The van der Waals surface area contributed by atoms with E-state index in [-0.39, 0.29) is 0 Å². The molecular formula is C15H21N3O. The Labute approximate surface area is 113 Å². The molecule has 4 nitrogen and oxygen atoms in total. The summed E-state index contributed by atoms with van der Waals surface area (Å²) in [5.74, 6) is 1.89. The topological polar surface area (TPSA) is 53.1 Å². The molecule has 4 heteroatoms. The average molecular weight is 259 g/mol. The van der Waals surface area contributed by atoms with Gasteiger partial charge in [0.05, 0.1) is 11.0 Å². The van der Waals surface area contributed by atoms with Crippen molar-refractivity contribution in [3.8, 4) is 0 Å². The largest absolute Gasteiger partial charge is 0.399 e. The van der Waals surface area contributed by atoms with Crippen molar-refractivity contribution in [1.82, 2.24) is 9.55 Å². The molecule has 3 rings (SSSR count). The van der Waals surface area contributed by atoms with Crippen molar-refractivity contribution in [3.05, 3.63) is 24.0 Å². The maximum Gasteiger partial charge on any atom is 0.106 e. The molecule has 1 saturated carbocycles. The van der Waals surface area contributed by atoms with E-state index in [1.165, 1.54) is 12.8 Å². The molecule has 1 fully saturated rings. The van der Waals surface area contributed by atoms with Crippen LogP contribution >= 0.6 is 0 Å². The Balaban J connectivity index is 1.61. The smallest absolute Gasteiger partial charge is 0.106 e. The maximum absolute atomic E-state index is 5.79. The quantitative estimate of drug-likeness (QED) is 0.641. The van der Waals surface area contributed by atoms with E-state index in [9.17, 15) is 0 Å². The fraction of sp³-hybridized carbons (Fsp3) is 0.533. The zero-order chi connectivity index (χ0) is 13.2. The van der Waals surface area contributed by atoms with Gasteiger partial charge in [-0.15, -0.1) is 0 Å². The van der Waals surface area contributed by atoms with Crippen molar-refractivity contribution in [2.45, 2.75) is 32.7 Å². The van der Waals surface area contributed by atoms with Crippen LogP contribution in [0.15, 0.2) is 18.2 Å². The van der Waals surface area contributed by atoms with E-state index < -0.39 is 0 Å². The van der Waals surface area contributed by atoms with Gasteiger partial charge in [0.25, 0.3) is 0 Å². The van der Waals surface area contributed by atoms with Gasteiger partial charge in [0.1, 0.15) is 5.82 Å². The minimum absolute atomic E-state index is 0.768. The summed E-state index contributed by atoms with van der Waals surface area (Å²) in [4.78, 5) is 4.55. The van der Waals surface area contributed by atoms with E-state index in [0.717, 1.165) is 54.6 Å². The highest BCUT2D eigenvalue weighted by Gasteiger charge is 2.20. The Morgan fingerprint density at radius 2 is 2.26 bits per heavy atom. The Hall–Kier alpha value is -1.55. The van der Waals surface area contributed by atoms with Crippen molar-refractivity contribution < 1.29 is 4.74 Å². The van der Waals surface area contributed by atoms with E-state index in [2.05, 4.69) is 15.6 Å². The molecule has 1 aliphatic carbocycles. The van der Waals surface area contributed by atoms with Gasteiger partial charge in [-0.25, -0.2) is 4.98 Å². The Bertz CT molecular complexity index is 572. The van der Waals surface area contributed by atoms with Gasteiger partial charge in [0, 0.05) is 25.4 Å². The molecule has 0 aliphatic heterocycles. The number of hydrogen-bond acceptors (Lipinski definition) is 3. The van der Waals surface area contributed by atoms with E-state index in [1.54, 1.807) is 0 Å². The molecule has 2 aromatic rings. The van der Waals surface area contributed by atoms with Crippen molar-refractivity contribution in [2.75, 3.05) is 18.9 Å². The molecule has 0 radical (unpaired) electrons. The summed E-state index contributed by atoms with van der Waals surface area (Å²) in [6.07, 6.45) is 3.74. The highest BCUT2D eigenvalue weighted by Crippen LogP contribution is 2.28. The Kier molecular flexibility index (Phi) is 3.42. The first-order chi connectivity index (χ1) is 9.24. The summed E-state index contributed by atoms with van der Waals surface area (Å²) in [7, 11) is 0. The van der Waals surface area contributed by atoms with Crippen LogP contribution in [0.5, 0.6) is 0 Å². The first kappa shape index (κ1) is 12.5. The van der Waals surface area contributed by atoms with Crippen LogP contribution in [0, 0.1) is 12.8 Å². The van der Waals surface area contributed by atoms with Crippen molar-refractivity contribution in [2.24, 2.45) is 5.92 Å². The van der Waals surface area contributed by atoms with Gasteiger partial charge in [-0.3, -0.25) is 0 Å². The minimum Gasteiger partial charge on any atom is -0.399 e. The number of ether oxygens (including phenoxy) is 1. The second kappa shape index (κ2) is 5.21. The van der Waals surface area contributed by atoms with Crippen LogP contribution in [0.3, 0.4) is 0 Å². The Morgan fingerprint density at radius 3 is 3.05 bits per heavy atom. The number of rotatable bonds is 6. The fourth-order valence-electron chi connectivity index (χ4n) is 2.41. The lowest BCUT2D eigenvalue weighted by atomic mass is 10.3. The first-order valence-electron chi connectivity index (χ1n) is 7.04. The molecular weight excluding hydrogens is 238 g/mol. The molecule has 0 atom stereocenters. The van der Waals surface area contributed by atoms with Gasteiger partial charge < -0.3 is 15.0 Å². The predicted octanol–water partition coefficient (Wildman–Crippen LogP) is 2.74. The molecule has 102 valence electrons. The molecule has 19 heavy (non-hydrogen) atoms. The number of aryl methyl sites for hydroxylation is 2. The van der Waals surface area contributed by atoms with Gasteiger partial charge in [-0.05, 0) is 50.3 Å². The van der Waals surface area contributed by atoms with Crippen LogP contribution in [0.2, 0.25) is 0 Å². The number of anilines is 1. The van der Waals surface area contributed by atoms with Crippen LogP contribution in [0.1, 0.15) is 25.1 Å². The number of nitrogen functional groups attached to an aromatic ring is 1. The molecule has 1 aromatic carbocycles. The lowest BCUT2D eigenvalue weighted by Crippen LogP contribution is -2.05. The maximum atomic E-state index is 5.79. The van der Waals surface area contributed by atoms with Crippen LogP contribution in [0.4, 0.5) is 5.69 Å². The van der Waals surface area contributed by atoms with Crippen LogP contribution < -0.4 is 5.73 Å². The molecule has 0 unspecified atom stereocenters. The predicted molar refractivity (Wildman–Crippen MR) is 77.0 cm³/mol. The van der Waals surface area contributed by atoms with Gasteiger partial charge in [0.15, 0.2) is 0 Å². The van der Waals surface area contributed by atoms with E-state index in [4.69, 9.17) is 10.5 Å². The van der Waals surface area contributed by atoms with E-state index in [0.29, 0.717) is 0 Å². The number of hydrogen-bond donors (Lipinski definition) is 1. The molecule has 1 aliphatic rings. The summed E-state index contributed by atoms with van der Waals surface area (Å²) in [5.41, 5.74) is 8.70. The number of benzene rings is 1. The summed E-state index contributed by atoms with van der Waals surface area (Å²) in [6, 6.07) is 5.92. The van der Waals surface area contributed by atoms with Crippen LogP contribution in [-0.4, -0.2) is 22.8 Å². The molecule has 2 N–H and O–H groups in total. The average Bonchev–Trinajstić information content (AvgIpc) is 3.14. The summed E-state index contributed by atoms with van der Waals surface area (Å²) in [6.45, 7) is 4.78.